The van der Waals surface area contributed by atoms with Gasteiger partial charge in [0.05, 0.1) is 6.54 Å². The Hall–Kier alpha value is -2.70. The molecule has 0 N–H and O–H groups in total. The van der Waals surface area contributed by atoms with Crippen molar-refractivity contribution in [2.24, 2.45) is 0 Å². The molecule has 0 radical (unpaired) electrons. The van der Waals surface area contributed by atoms with E-state index in [4.69, 9.17) is 0 Å². The number of carbonyl (C=O) groups excluding carboxylic acids is 1. The number of halogens is 1. The second-order valence-corrected chi connectivity index (χ2v) is 5.99. The first kappa shape index (κ1) is 16.2. The minimum Gasteiger partial charge on any atom is -0.363 e. The number of anilines is 2. The van der Waals surface area contributed by atoms with Crippen LogP contribution in [0.3, 0.4) is 0 Å². The number of benzene rings is 1. The van der Waals surface area contributed by atoms with E-state index in [1.807, 2.05) is 30.0 Å². The monoisotopic (exact) mass is 329 g/mol. The van der Waals surface area contributed by atoms with Crippen molar-refractivity contribution in [3.05, 3.63) is 48.0 Å². The van der Waals surface area contributed by atoms with Crippen molar-refractivity contribution in [1.29, 1.82) is 0 Å². The third-order valence-corrected chi connectivity index (χ3v) is 4.03. The number of hydrogen-bond acceptors (Lipinski definition) is 5. The molecule has 1 saturated heterocycles. The highest BCUT2D eigenvalue weighted by Crippen LogP contribution is 2.19. The van der Waals surface area contributed by atoms with Gasteiger partial charge in [0.15, 0.2) is 0 Å². The zero-order chi connectivity index (χ0) is 17.1. The Balaban J connectivity index is 1.65. The van der Waals surface area contributed by atoms with E-state index >= 15 is 0 Å². The second-order valence-electron chi connectivity index (χ2n) is 5.99. The summed E-state index contributed by atoms with van der Waals surface area (Å²) in [5, 5.41) is 0. The quantitative estimate of drug-likeness (QED) is 0.851. The smallest absolute Gasteiger partial charge is 0.242 e. The molecule has 2 heterocycles. The highest BCUT2D eigenvalue weighted by molar-refractivity contribution is 5.82. The molecular formula is C17H20FN5O. The first-order chi connectivity index (χ1) is 11.5. The molecule has 0 unspecified atom stereocenters. The van der Waals surface area contributed by atoms with Gasteiger partial charge >= 0.3 is 0 Å². The Morgan fingerprint density at radius 2 is 1.92 bits per heavy atom. The fourth-order valence-corrected chi connectivity index (χ4v) is 2.64. The Morgan fingerprint density at radius 1 is 1.17 bits per heavy atom. The summed E-state index contributed by atoms with van der Waals surface area (Å²) in [6.45, 7) is 2.10. The highest BCUT2D eigenvalue weighted by Gasteiger charge is 2.25. The van der Waals surface area contributed by atoms with Gasteiger partial charge in [-0.05, 0) is 17.7 Å². The minimum absolute atomic E-state index is 0.0376. The molecule has 1 amide bonds. The van der Waals surface area contributed by atoms with E-state index in [9.17, 15) is 9.18 Å². The molecule has 1 aromatic carbocycles. The van der Waals surface area contributed by atoms with E-state index in [2.05, 4.69) is 9.97 Å². The van der Waals surface area contributed by atoms with Gasteiger partial charge in [0.25, 0.3) is 0 Å². The van der Waals surface area contributed by atoms with Gasteiger partial charge in [0.1, 0.15) is 23.8 Å². The molecule has 0 spiro atoms. The summed E-state index contributed by atoms with van der Waals surface area (Å²) >= 11 is 0. The Kier molecular flexibility index (Phi) is 4.59. The fraction of sp³-hybridized carbons (Fsp3) is 0.353. The lowest BCUT2D eigenvalue weighted by atomic mass is 10.2. The Morgan fingerprint density at radius 3 is 2.58 bits per heavy atom. The van der Waals surface area contributed by atoms with Gasteiger partial charge in [0.2, 0.25) is 5.91 Å². The zero-order valence-electron chi connectivity index (χ0n) is 13.8. The molecule has 3 rings (SSSR count). The van der Waals surface area contributed by atoms with Crippen LogP contribution in [0.1, 0.15) is 5.56 Å². The lowest BCUT2D eigenvalue weighted by Gasteiger charge is -2.35. The molecule has 0 bridgehead atoms. The van der Waals surface area contributed by atoms with Crippen molar-refractivity contribution in [2.45, 2.75) is 6.54 Å². The lowest BCUT2D eigenvalue weighted by Crippen LogP contribution is -2.50. The number of hydrogen-bond donors (Lipinski definition) is 0. The molecular weight excluding hydrogens is 309 g/mol. The SMILES string of the molecule is CN(C)c1cc(N2CCN(Cc3ccc(F)cc3)C(=O)C2)ncn1. The molecule has 1 aliphatic rings. The van der Waals surface area contributed by atoms with Crippen LogP contribution < -0.4 is 9.80 Å². The summed E-state index contributed by atoms with van der Waals surface area (Å²) in [6.07, 6.45) is 1.51. The van der Waals surface area contributed by atoms with E-state index in [0.29, 0.717) is 19.6 Å². The van der Waals surface area contributed by atoms with Gasteiger partial charge < -0.3 is 14.7 Å². The molecule has 126 valence electrons. The average Bonchev–Trinajstić information content (AvgIpc) is 2.58. The molecule has 1 aromatic heterocycles. The minimum atomic E-state index is -0.268. The van der Waals surface area contributed by atoms with Crippen molar-refractivity contribution in [3.8, 4) is 0 Å². The van der Waals surface area contributed by atoms with Crippen LogP contribution in [0.2, 0.25) is 0 Å². The van der Waals surface area contributed by atoms with Crippen molar-refractivity contribution in [2.75, 3.05) is 43.5 Å². The lowest BCUT2D eigenvalue weighted by molar-refractivity contribution is -0.131. The maximum Gasteiger partial charge on any atom is 0.242 e. The van der Waals surface area contributed by atoms with Gasteiger partial charge in [-0.1, -0.05) is 12.1 Å². The van der Waals surface area contributed by atoms with Crippen LogP contribution in [0.15, 0.2) is 36.7 Å². The molecule has 2 aromatic rings. The normalized spacial score (nSPS) is 14.9. The van der Waals surface area contributed by atoms with Gasteiger partial charge in [-0.15, -0.1) is 0 Å². The average molecular weight is 329 g/mol. The maximum atomic E-state index is 13.0. The molecule has 7 heteroatoms. The molecule has 1 fully saturated rings. The number of rotatable bonds is 4. The van der Waals surface area contributed by atoms with Gasteiger partial charge in [0, 0.05) is 39.8 Å². The van der Waals surface area contributed by atoms with Gasteiger partial charge in [-0.2, -0.15) is 0 Å². The van der Waals surface area contributed by atoms with Crippen LogP contribution in [-0.2, 0) is 11.3 Å². The molecule has 24 heavy (non-hydrogen) atoms. The summed E-state index contributed by atoms with van der Waals surface area (Å²) in [4.78, 5) is 26.5. The summed E-state index contributed by atoms with van der Waals surface area (Å²) in [5.41, 5.74) is 0.926. The first-order valence-corrected chi connectivity index (χ1v) is 7.79. The molecule has 0 aliphatic carbocycles. The third kappa shape index (κ3) is 3.61. The van der Waals surface area contributed by atoms with Crippen molar-refractivity contribution in [1.82, 2.24) is 14.9 Å². The number of carbonyl (C=O) groups is 1. The van der Waals surface area contributed by atoms with E-state index in [1.54, 1.807) is 17.0 Å². The van der Waals surface area contributed by atoms with Crippen molar-refractivity contribution < 1.29 is 9.18 Å². The summed E-state index contributed by atoms with van der Waals surface area (Å²) in [5.74, 6) is 1.33. The number of piperazine rings is 1. The third-order valence-electron chi connectivity index (χ3n) is 4.03. The largest absolute Gasteiger partial charge is 0.363 e. The number of amides is 1. The van der Waals surface area contributed by atoms with Crippen molar-refractivity contribution in [3.63, 3.8) is 0 Å². The van der Waals surface area contributed by atoms with Gasteiger partial charge in [-0.3, -0.25) is 4.79 Å². The molecule has 0 atom stereocenters. The van der Waals surface area contributed by atoms with E-state index < -0.39 is 0 Å². The van der Waals surface area contributed by atoms with E-state index in [1.165, 1.54) is 18.5 Å². The maximum absolute atomic E-state index is 13.0. The van der Waals surface area contributed by atoms with Crippen LogP contribution in [0.4, 0.5) is 16.0 Å². The van der Waals surface area contributed by atoms with Crippen molar-refractivity contribution >= 4 is 17.5 Å². The zero-order valence-corrected chi connectivity index (χ0v) is 13.8. The predicted octanol–water partition coefficient (Wildman–Crippen LogP) is 1.53. The van der Waals surface area contributed by atoms with E-state index in [0.717, 1.165) is 17.2 Å². The van der Waals surface area contributed by atoms with Crippen LogP contribution in [0, 0.1) is 5.82 Å². The van der Waals surface area contributed by atoms with Crippen LogP contribution >= 0.6 is 0 Å². The van der Waals surface area contributed by atoms with Crippen LogP contribution in [-0.4, -0.2) is 54.5 Å². The number of aromatic nitrogens is 2. The second kappa shape index (κ2) is 6.82. The Labute approximate surface area is 140 Å². The fourth-order valence-electron chi connectivity index (χ4n) is 2.64. The van der Waals surface area contributed by atoms with Gasteiger partial charge in [-0.25, -0.2) is 14.4 Å². The molecule has 0 saturated carbocycles. The standard InChI is InChI=1S/C17H20FN5O/c1-21(2)15-9-16(20-12-19-15)22-7-8-23(17(24)11-22)10-13-3-5-14(18)6-4-13/h3-6,9,12H,7-8,10-11H2,1-2H3. The van der Waals surface area contributed by atoms with Crippen LogP contribution in [0.25, 0.3) is 0 Å². The topological polar surface area (TPSA) is 52.6 Å². The predicted molar refractivity (Wildman–Crippen MR) is 90.4 cm³/mol. The summed E-state index contributed by atoms with van der Waals surface area (Å²) < 4.78 is 13.0. The number of nitrogens with zero attached hydrogens (tertiary/aromatic N) is 5. The first-order valence-electron chi connectivity index (χ1n) is 7.79. The Bertz CT molecular complexity index is 719. The molecule has 1 aliphatic heterocycles. The van der Waals surface area contributed by atoms with E-state index in [-0.39, 0.29) is 18.3 Å². The summed E-state index contributed by atoms with van der Waals surface area (Å²) in [7, 11) is 3.83. The van der Waals surface area contributed by atoms with Crippen LogP contribution in [0.5, 0.6) is 0 Å². The molecule has 6 nitrogen and oxygen atoms in total. The summed E-state index contributed by atoms with van der Waals surface area (Å²) in [6, 6.07) is 8.13. The highest BCUT2D eigenvalue weighted by atomic mass is 19.1.